The maximum atomic E-state index is 12.8. The van der Waals surface area contributed by atoms with Gasteiger partial charge in [-0.25, -0.2) is 14.0 Å². The zero-order valence-electron chi connectivity index (χ0n) is 11.0. The highest BCUT2D eigenvalue weighted by Crippen LogP contribution is 2.04. The van der Waals surface area contributed by atoms with Gasteiger partial charge in [0.1, 0.15) is 11.6 Å². The number of furan rings is 1. The van der Waals surface area contributed by atoms with Gasteiger partial charge in [-0.1, -0.05) is 12.1 Å². The van der Waals surface area contributed by atoms with Gasteiger partial charge >= 0.3 is 11.9 Å². The van der Waals surface area contributed by atoms with Gasteiger partial charge in [-0.05, 0) is 29.8 Å². The molecule has 0 aliphatic rings. The predicted molar refractivity (Wildman–Crippen MR) is 70.9 cm³/mol. The van der Waals surface area contributed by atoms with E-state index < -0.39 is 11.9 Å². The number of hydrogen-bond donors (Lipinski definition) is 3. The minimum atomic E-state index is -1.82. The Morgan fingerprint density at radius 2 is 1.81 bits per heavy atom. The Balaban J connectivity index is 0.000000315. The number of hydrogen-bond acceptors (Lipinski definition) is 4. The Labute approximate surface area is 119 Å². The van der Waals surface area contributed by atoms with Gasteiger partial charge in [-0.15, -0.1) is 0 Å². The van der Waals surface area contributed by atoms with Gasteiger partial charge < -0.3 is 19.9 Å². The van der Waals surface area contributed by atoms with Crippen LogP contribution in [0, 0.1) is 5.82 Å². The number of nitrogens with one attached hydrogen (secondary N) is 1. The summed E-state index contributed by atoms with van der Waals surface area (Å²) in [5.74, 6) is -2.97. The molecule has 0 aliphatic heterocycles. The van der Waals surface area contributed by atoms with Crippen LogP contribution in [0.3, 0.4) is 0 Å². The second-order valence-corrected chi connectivity index (χ2v) is 3.92. The van der Waals surface area contributed by atoms with Crippen LogP contribution in [0.4, 0.5) is 4.39 Å². The molecule has 0 aliphatic carbocycles. The molecular formula is C14H14FNO5. The van der Waals surface area contributed by atoms with E-state index in [1.807, 2.05) is 18.2 Å². The maximum absolute atomic E-state index is 12.8. The molecule has 0 radical (unpaired) electrons. The molecule has 0 saturated heterocycles. The first-order chi connectivity index (χ1) is 9.99. The van der Waals surface area contributed by atoms with Crippen molar-refractivity contribution in [3.05, 3.63) is 59.8 Å². The summed E-state index contributed by atoms with van der Waals surface area (Å²) in [4.78, 5) is 18.2. The van der Waals surface area contributed by atoms with Crippen molar-refractivity contribution < 1.29 is 28.6 Å². The third-order valence-electron chi connectivity index (χ3n) is 2.28. The summed E-state index contributed by atoms with van der Waals surface area (Å²) >= 11 is 0. The molecule has 1 aromatic heterocycles. The average Bonchev–Trinajstić information content (AvgIpc) is 2.92. The van der Waals surface area contributed by atoms with Crippen LogP contribution in [-0.2, 0) is 22.7 Å². The summed E-state index contributed by atoms with van der Waals surface area (Å²) in [6, 6.07) is 10.3. The van der Waals surface area contributed by atoms with Crippen molar-refractivity contribution in [1.82, 2.24) is 5.32 Å². The van der Waals surface area contributed by atoms with Crippen molar-refractivity contribution in [3.63, 3.8) is 0 Å². The molecule has 2 rings (SSSR count). The lowest BCUT2D eigenvalue weighted by molar-refractivity contribution is -0.159. The first-order valence-electron chi connectivity index (χ1n) is 5.93. The van der Waals surface area contributed by atoms with Crippen LogP contribution in [0.25, 0.3) is 0 Å². The quantitative estimate of drug-likeness (QED) is 0.744. The number of aliphatic carboxylic acids is 2. The monoisotopic (exact) mass is 295 g/mol. The molecule has 0 spiro atoms. The first kappa shape index (κ1) is 16.4. The van der Waals surface area contributed by atoms with Crippen LogP contribution >= 0.6 is 0 Å². The van der Waals surface area contributed by atoms with Crippen molar-refractivity contribution >= 4 is 11.9 Å². The van der Waals surface area contributed by atoms with E-state index in [4.69, 9.17) is 24.2 Å². The molecule has 2 aromatic rings. The highest BCUT2D eigenvalue weighted by molar-refractivity contribution is 6.27. The molecule has 1 aromatic carbocycles. The molecule has 3 N–H and O–H groups in total. The van der Waals surface area contributed by atoms with Crippen LogP contribution in [-0.4, -0.2) is 22.2 Å². The second-order valence-electron chi connectivity index (χ2n) is 3.92. The summed E-state index contributed by atoms with van der Waals surface area (Å²) in [6.07, 6.45) is 1.64. The van der Waals surface area contributed by atoms with Gasteiger partial charge in [0.15, 0.2) is 0 Å². The van der Waals surface area contributed by atoms with Crippen molar-refractivity contribution in [1.29, 1.82) is 0 Å². The normalized spacial score (nSPS) is 9.57. The van der Waals surface area contributed by atoms with Crippen LogP contribution < -0.4 is 5.32 Å². The number of benzene rings is 1. The van der Waals surface area contributed by atoms with Crippen LogP contribution in [0.5, 0.6) is 0 Å². The average molecular weight is 295 g/mol. The third kappa shape index (κ3) is 6.88. The van der Waals surface area contributed by atoms with Gasteiger partial charge in [-0.2, -0.15) is 0 Å². The summed E-state index contributed by atoms with van der Waals surface area (Å²) in [5, 5.41) is 18.0. The minimum absolute atomic E-state index is 0.202. The lowest BCUT2D eigenvalue weighted by atomic mass is 10.2. The fourth-order valence-corrected chi connectivity index (χ4v) is 1.39. The molecule has 7 heteroatoms. The van der Waals surface area contributed by atoms with Crippen molar-refractivity contribution in [3.8, 4) is 0 Å². The first-order valence-corrected chi connectivity index (χ1v) is 5.93. The molecule has 0 unspecified atom stereocenters. The zero-order valence-corrected chi connectivity index (χ0v) is 11.0. The van der Waals surface area contributed by atoms with Crippen LogP contribution in [0.15, 0.2) is 47.1 Å². The van der Waals surface area contributed by atoms with Gasteiger partial charge in [0.25, 0.3) is 0 Å². The molecular weight excluding hydrogens is 281 g/mol. The molecule has 0 bridgehead atoms. The summed E-state index contributed by atoms with van der Waals surface area (Å²) < 4.78 is 18.0. The van der Waals surface area contributed by atoms with Crippen molar-refractivity contribution in [2.75, 3.05) is 0 Å². The zero-order chi connectivity index (χ0) is 15.7. The van der Waals surface area contributed by atoms with Crippen LogP contribution in [0.1, 0.15) is 11.3 Å². The number of carboxylic acid groups (broad SMARTS) is 2. The van der Waals surface area contributed by atoms with E-state index in [2.05, 4.69) is 5.32 Å². The molecule has 0 amide bonds. The van der Waals surface area contributed by atoms with Gasteiger partial charge in [0.2, 0.25) is 0 Å². The smallest absolute Gasteiger partial charge is 0.414 e. The van der Waals surface area contributed by atoms with Gasteiger partial charge in [0.05, 0.1) is 12.8 Å². The van der Waals surface area contributed by atoms with E-state index in [0.717, 1.165) is 11.3 Å². The summed E-state index contributed by atoms with van der Waals surface area (Å²) in [5.41, 5.74) is 0.932. The highest BCUT2D eigenvalue weighted by Gasteiger charge is 2.04. The van der Waals surface area contributed by atoms with E-state index in [0.29, 0.717) is 13.1 Å². The molecule has 0 atom stereocenters. The fourth-order valence-electron chi connectivity index (χ4n) is 1.39. The molecule has 112 valence electrons. The fraction of sp³-hybridized carbons (Fsp3) is 0.143. The number of carboxylic acids is 2. The van der Waals surface area contributed by atoms with E-state index in [9.17, 15) is 4.39 Å². The molecule has 1 heterocycles. The Hall–Kier alpha value is -2.67. The Bertz CT molecular complexity index is 571. The second kappa shape index (κ2) is 8.49. The molecule has 0 saturated carbocycles. The van der Waals surface area contributed by atoms with E-state index in [-0.39, 0.29) is 5.82 Å². The van der Waals surface area contributed by atoms with E-state index >= 15 is 0 Å². The lowest BCUT2D eigenvalue weighted by Gasteiger charge is -2.02. The number of halogens is 1. The minimum Gasteiger partial charge on any atom is -0.473 e. The largest absolute Gasteiger partial charge is 0.473 e. The summed E-state index contributed by atoms with van der Waals surface area (Å²) in [6.45, 7) is 1.29. The Morgan fingerprint density at radius 3 is 2.33 bits per heavy atom. The Morgan fingerprint density at radius 1 is 1.10 bits per heavy atom. The molecule has 0 fully saturated rings. The van der Waals surface area contributed by atoms with E-state index in [1.54, 1.807) is 12.3 Å². The predicted octanol–water partition coefficient (Wildman–Crippen LogP) is 1.86. The summed E-state index contributed by atoms with van der Waals surface area (Å²) in [7, 11) is 0. The molecule has 6 nitrogen and oxygen atoms in total. The lowest BCUT2D eigenvalue weighted by Crippen LogP contribution is -2.12. The number of carbonyl (C=O) groups is 2. The Kier molecular flexibility index (Phi) is 6.62. The van der Waals surface area contributed by atoms with E-state index in [1.165, 1.54) is 12.1 Å². The molecule has 21 heavy (non-hydrogen) atoms. The van der Waals surface area contributed by atoms with Crippen molar-refractivity contribution in [2.24, 2.45) is 0 Å². The highest BCUT2D eigenvalue weighted by atomic mass is 19.1. The SMILES string of the molecule is Fc1cccc(CNCc2ccco2)c1.O=C(O)C(=O)O. The maximum Gasteiger partial charge on any atom is 0.414 e. The van der Waals surface area contributed by atoms with Crippen LogP contribution in [0.2, 0.25) is 0 Å². The van der Waals surface area contributed by atoms with Crippen molar-refractivity contribution in [2.45, 2.75) is 13.1 Å². The third-order valence-corrected chi connectivity index (χ3v) is 2.28. The standard InChI is InChI=1S/C12H12FNO.C2H2O4/c13-11-4-1-3-10(7-11)8-14-9-12-5-2-6-15-12;3-1(4)2(5)6/h1-7,14H,8-9H2;(H,3,4)(H,5,6). The number of rotatable bonds is 4. The van der Waals surface area contributed by atoms with Gasteiger partial charge in [-0.3, -0.25) is 0 Å². The van der Waals surface area contributed by atoms with Gasteiger partial charge in [0, 0.05) is 6.54 Å². The topological polar surface area (TPSA) is 99.8 Å².